The van der Waals surface area contributed by atoms with Crippen LogP contribution in [0.1, 0.15) is 22.6 Å². The molecular weight excluding hydrogens is 414 g/mol. The third kappa shape index (κ3) is 3.50. The largest absolute Gasteiger partial charge is 0.489 e. The lowest BCUT2D eigenvalue weighted by atomic mass is 9.83. The molecule has 0 saturated carbocycles. The zero-order chi connectivity index (χ0) is 22.9. The molecule has 1 atom stereocenters. The molecule has 0 saturated heterocycles. The van der Waals surface area contributed by atoms with Gasteiger partial charge in [0.1, 0.15) is 29.7 Å². The fraction of sp³-hybridized carbons (Fsp3) is 0.111. The average Bonchev–Trinajstić information content (AvgIpc) is 2.86. The number of pyridine rings is 1. The van der Waals surface area contributed by atoms with Crippen LogP contribution >= 0.6 is 0 Å². The van der Waals surface area contributed by atoms with Gasteiger partial charge in [0.15, 0.2) is 0 Å². The van der Waals surface area contributed by atoms with Crippen LogP contribution in [-0.4, -0.2) is 4.57 Å². The van der Waals surface area contributed by atoms with E-state index in [-0.39, 0.29) is 17.0 Å². The summed E-state index contributed by atoms with van der Waals surface area (Å²) in [6, 6.07) is 26.9. The van der Waals surface area contributed by atoms with Crippen molar-refractivity contribution in [3.05, 3.63) is 117 Å². The van der Waals surface area contributed by atoms with Crippen LogP contribution in [0.15, 0.2) is 95.1 Å². The number of nitrogens with two attached hydrogens (primary N) is 1. The van der Waals surface area contributed by atoms with E-state index in [2.05, 4.69) is 6.07 Å². The smallest absolute Gasteiger partial charge is 0.258 e. The third-order valence-corrected chi connectivity index (χ3v) is 5.93. The van der Waals surface area contributed by atoms with Crippen LogP contribution in [0.2, 0.25) is 0 Å². The van der Waals surface area contributed by atoms with Crippen molar-refractivity contribution >= 4 is 10.9 Å². The summed E-state index contributed by atoms with van der Waals surface area (Å²) in [6.45, 7) is 0.448. The van der Waals surface area contributed by atoms with Crippen LogP contribution in [0.25, 0.3) is 10.9 Å². The van der Waals surface area contributed by atoms with E-state index in [1.54, 1.807) is 11.6 Å². The number of allylic oxidation sites excluding steroid dienone is 1. The normalized spacial score (nSPS) is 15.0. The number of fused-ring (bicyclic) bond motifs is 3. The van der Waals surface area contributed by atoms with Crippen LogP contribution in [0, 0.1) is 11.3 Å². The van der Waals surface area contributed by atoms with Crippen molar-refractivity contribution in [2.75, 3.05) is 0 Å². The Kier molecular flexibility index (Phi) is 5.08. The molecule has 4 aromatic rings. The molecule has 3 aromatic carbocycles. The monoisotopic (exact) mass is 435 g/mol. The number of hydrogen-bond acceptors (Lipinski definition) is 5. The van der Waals surface area contributed by atoms with Gasteiger partial charge in [-0.05, 0) is 35.4 Å². The van der Waals surface area contributed by atoms with Gasteiger partial charge in [-0.1, -0.05) is 54.6 Å². The number of hydrogen-bond donors (Lipinski definition) is 1. The molecule has 33 heavy (non-hydrogen) atoms. The van der Waals surface area contributed by atoms with E-state index in [1.165, 1.54) is 0 Å². The van der Waals surface area contributed by atoms with Crippen molar-refractivity contribution in [3.8, 4) is 17.6 Å². The summed E-state index contributed by atoms with van der Waals surface area (Å²) in [5.41, 5.74) is 9.11. The van der Waals surface area contributed by atoms with Crippen molar-refractivity contribution in [2.45, 2.75) is 12.5 Å². The van der Waals surface area contributed by atoms with Crippen LogP contribution in [0.3, 0.4) is 0 Å². The lowest BCUT2D eigenvalue weighted by Crippen LogP contribution is -2.31. The topological polar surface area (TPSA) is 90.3 Å². The minimum atomic E-state index is -0.634. The maximum absolute atomic E-state index is 13.4. The zero-order valence-corrected chi connectivity index (χ0v) is 18.0. The standard InChI is InChI=1S/C27H21N3O3/c1-30-22-10-6-5-9-20(22)25-24(27(30)31)23(21(15-28)26(29)33-25)18-11-13-19(14-12-18)32-16-17-7-3-2-4-8-17/h2-14,23H,16,29H2,1H3. The molecule has 162 valence electrons. The highest BCUT2D eigenvalue weighted by Crippen LogP contribution is 2.43. The number of aromatic nitrogens is 1. The first kappa shape index (κ1) is 20.4. The number of nitrogens with zero attached hydrogens (tertiary/aromatic N) is 2. The number of para-hydroxylation sites is 1. The molecule has 0 fully saturated rings. The third-order valence-electron chi connectivity index (χ3n) is 5.93. The Hall–Kier alpha value is -4.50. The predicted molar refractivity (Wildman–Crippen MR) is 126 cm³/mol. The SMILES string of the molecule is Cn1c(=O)c2c(c3ccccc31)OC(N)=C(C#N)C2c1ccc(OCc2ccccc2)cc1. The van der Waals surface area contributed by atoms with E-state index in [0.717, 1.165) is 22.0 Å². The maximum Gasteiger partial charge on any atom is 0.258 e. The Morgan fingerprint density at radius 3 is 2.45 bits per heavy atom. The summed E-state index contributed by atoms with van der Waals surface area (Å²) < 4.78 is 13.3. The molecule has 0 radical (unpaired) electrons. The van der Waals surface area contributed by atoms with Gasteiger partial charge in [0.2, 0.25) is 5.88 Å². The fourth-order valence-electron chi connectivity index (χ4n) is 4.26. The Labute approximate surface area is 190 Å². The molecule has 2 heterocycles. The van der Waals surface area contributed by atoms with Gasteiger partial charge in [-0.2, -0.15) is 5.26 Å². The van der Waals surface area contributed by atoms with Gasteiger partial charge in [-0.25, -0.2) is 0 Å². The molecule has 1 unspecified atom stereocenters. The van der Waals surface area contributed by atoms with Gasteiger partial charge >= 0.3 is 0 Å². The lowest BCUT2D eigenvalue weighted by Gasteiger charge is -2.27. The van der Waals surface area contributed by atoms with E-state index in [9.17, 15) is 10.1 Å². The second kappa shape index (κ2) is 8.21. The quantitative estimate of drug-likeness (QED) is 0.515. The lowest BCUT2D eigenvalue weighted by molar-refractivity contribution is 0.306. The zero-order valence-electron chi connectivity index (χ0n) is 18.0. The minimum absolute atomic E-state index is 0.0119. The number of benzene rings is 3. The second-order valence-corrected chi connectivity index (χ2v) is 7.89. The summed E-state index contributed by atoms with van der Waals surface area (Å²) in [5.74, 6) is 0.472. The number of aryl methyl sites for hydroxylation is 1. The van der Waals surface area contributed by atoms with Crippen molar-refractivity contribution in [1.82, 2.24) is 4.57 Å². The van der Waals surface area contributed by atoms with Crippen molar-refractivity contribution in [3.63, 3.8) is 0 Å². The van der Waals surface area contributed by atoms with Crippen molar-refractivity contribution in [1.29, 1.82) is 5.26 Å². The van der Waals surface area contributed by atoms with E-state index in [0.29, 0.717) is 23.7 Å². The number of ether oxygens (including phenoxy) is 2. The summed E-state index contributed by atoms with van der Waals surface area (Å²) in [4.78, 5) is 13.4. The predicted octanol–water partition coefficient (Wildman–Crippen LogP) is 4.34. The van der Waals surface area contributed by atoms with Gasteiger partial charge in [-0.15, -0.1) is 0 Å². The van der Waals surface area contributed by atoms with Crippen LogP contribution in [0.5, 0.6) is 11.5 Å². The molecule has 1 aliphatic heterocycles. The summed E-state index contributed by atoms with van der Waals surface area (Å²) in [6.07, 6.45) is 0. The maximum atomic E-state index is 13.4. The van der Waals surface area contributed by atoms with Crippen LogP contribution in [0.4, 0.5) is 0 Å². The first-order valence-corrected chi connectivity index (χ1v) is 10.5. The van der Waals surface area contributed by atoms with Crippen LogP contribution < -0.4 is 20.8 Å². The first-order valence-electron chi connectivity index (χ1n) is 10.5. The van der Waals surface area contributed by atoms with Crippen molar-refractivity contribution < 1.29 is 9.47 Å². The molecule has 1 aromatic heterocycles. The highest BCUT2D eigenvalue weighted by atomic mass is 16.5. The molecule has 5 rings (SSSR count). The van der Waals surface area contributed by atoms with Gasteiger partial charge in [-0.3, -0.25) is 4.79 Å². The molecule has 6 nitrogen and oxygen atoms in total. The highest BCUT2D eigenvalue weighted by Gasteiger charge is 2.35. The van der Waals surface area contributed by atoms with E-state index in [1.807, 2.05) is 78.9 Å². The molecule has 0 bridgehead atoms. The van der Waals surface area contributed by atoms with Crippen LogP contribution in [-0.2, 0) is 13.7 Å². The van der Waals surface area contributed by atoms with Gasteiger partial charge in [0.25, 0.3) is 5.56 Å². The molecule has 0 aliphatic carbocycles. The van der Waals surface area contributed by atoms with E-state index >= 15 is 0 Å². The first-order chi connectivity index (χ1) is 16.1. The highest BCUT2D eigenvalue weighted by molar-refractivity contribution is 5.88. The number of rotatable bonds is 4. The molecule has 2 N–H and O–H groups in total. The molecule has 6 heteroatoms. The van der Waals surface area contributed by atoms with Gasteiger partial charge in [0.05, 0.1) is 17.0 Å². The Bertz CT molecular complexity index is 1480. The minimum Gasteiger partial charge on any atom is -0.489 e. The Morgan fingerprint density at radius 1 is 1.03 bits per heavy atom. The average molecular weight is 435 g/mol. The van der Waals surface area contributed by atoms with Crippen molar-refractivity contribution in [2.24, 2.45) is 12.8 Å². The summed E-state index contributed by atoms with van der Waals surface area (Å²) >= 11 is 0. The van der Waals surface area contributed by atoms with Gasteiger partial charge in [0, 0.05) is 12.4 Å². The molecule has 0 amide bonds. The summed E-state index contributed by atoms with van der Waals surface area (Å²) in [7, 11) is 1.72. The fourth-order valence-corrected chi connectivity index (χ4v) is 4.26. The van der Waals surface area contributed by atoms with E-state index < -0.39 is 5.92 Å². The molecular formula is C27H21N3O3. The van der Waals surface area contributed by atoms with E-state index in [4.69, 9.17) is 15.2 Å². The van der Waals surface area contributed by atoms with Gasteiger partial charge < -0.3 is 19.8 Å². The Balaban J connectivity index is 1.58. The number of nitriles is 1. The Morgan fingerprint density at radius 2 is 1.73 bits per heavy atom. The second-order valence-electron chi connectivity index (χ2n) is 7.89. The molecule has 1 aliphatic rings. The summed E-state index contributed by atoms with van der Waals surface area (Å²) in [5, 5.41) is 10.6. The molecule has 0 spiro atoms.